The van der Waals surface area contributed by atoms with E-state index in [1.807, 2.05) is 0 Å². The second-order valence-electron chi connectivity index (χ2n) is 8.77. The van der Waals surface area contributed by atoms with Crippen molar-refractivity contribution in [3.63, 3.8) is 0 Å². The molecule has 0 nitrogen and oxygen atoms in total. The normalized spacial score (nSPS) is 13.5. The molecule has 0 amide bonds. The fourth-order valence-electron chi connectivity index (χ4n) is 5.00. The van der Waals surface area contributed by atoms with Crippen LogP contribution in [0.5, 0.6) is 0 Å². The van der Waals surface area contributed by atoms with Crippen LogP contribution in [0.3, 0.4) is 0 Å². The molecule has 0 fully saturated rings. The average Bonchev–Trinajstić information content (AvgIpc) is 3.11. The molecule has 3 aromatic rings. The summed E-state index contributed by atoms with van der Waals surface area (Å²) in [5.74, 6) is 0. The summed E-state index contributed by atoms with van der Waals surface area (Å²) < 4.78 is 1.42. The Labute approximate surface area is 223 Å². The van der Waals surface area contributed by atoms with Crippen molar-refractivity contribution in [1.82, 2.24) is 0 Å². The maximum atomic E-state index is 2.42. The van der Waals surface area contributed by atoms with Gasteiger partial charge >= 0.3 is 187 Å². The molecule has 0 spiro atoms. The molecule has 3 aromatic carbocycles. The van der Waals surface area contributed by atoms with Gasteiger partial charge < -0.3 is 37.2 Å². The van der Waals surface area contributed by atoms with Crippen molar-refractivity contribution in [2.45, 2.75) is 32.6 Å². The van der Waals surface area contributed by atoms with E-state index in [1.54, 1.807) is 0 Å². The first-order chi connectivity index (χ1) is 14.0. The van der Waals surface area contributed by atoms with Gasteiger partial charge in [0.25, 0.3) is 0 Å². The van der Waals surface area contributed by atoms with Gasteiger partial charge in [-0.2, -0.15) is 0 Å². The van der Waals surface area contributed by atoms with Gasteiger partial charge in [-0.1, -0.05) is 0 Å². The van der Waals surface area contributed by atoms with Crippen molar-refractivity contribution in [3.05, 3.63) is 123 Å². The molecule has 0 aromatic heterocycles. The second kappa shape index (κ2) is 11.7. The van der Waals surface area contributed by atoms with E-state index in [2.05, 4.69) is 138 Å². The summed E-state index contributed by atoms with van der Waals surface area (Å²) in [7, 11) is 0. The van der Waals surface area contributed by atoms with Gasteiger partial charge in [-0.25, -0.2) is 0 Å². The number of benzene rings is 3. The fraction of sp³-hybridized carbons (Fsp3) is 0.214. The largest absolute Gasteiger partial charge is 1.00 e. The number of halogens is 3. The quantitative estimate of drug-likeness (QED) is 0.363. The third kappa shape index (κ3) is 4.96. The van der Waals surface area contributed by atoms with Crippen molar-refractivity contribution in [2.24, 2.45) is 5.41 Å². The number of rotatable bonds is 4. The van der Waals surface area contributed by atoms with E-state index in [1.165, 1.54) is 31.7 Å². The minimum absolute atomic E-state index is 0. The summed E-state index contributed by atoms with van der Waals surface area (Å²) in [6.07, 6.45) is 3.41. The molecule has 0 N–H and O–H groups in total. The van der Waals surface area contributed by atoms with Crippen LogP contribution in [-0.2, 0) is 25.9 Å². The Morgan fingerprint density at radius 1 is 0.625 bits per heavy atom. The first kappa shape index (κ1) is 28.8. The van der Waals surface area contributed by atoms with E-state index in [4.69, 9.17) is 0 Å². The molecule has 0 unspecified atom stereocenters. The van der Waals surface area contributed by atoms with Gasteiger partial charge in [0, 0.05) is 0 Å². The van der Waals surface area contributed by atoms with E-state index in [-0.39, 0.29) is 48.1 Å². The van der Waals surface area contributed by atoms with E-state index in [9.17, 15) is 0 Å². The van der Waals surface area contributed by atoms with Crippen LogP contribution in [0.25, 0.3) is 5.57 Å². The predicted octanol–water partition coefficient (Wildman–Crippen LogP) is -1.68. The molecule has 0 saturated heterocycles. The minimum atomic E-state index is -0.188. The smallest absolute Gasteiger partial charge is 1.00 e. The van der Waals surface area contributed by atoms with E-state index in [0.717, 1.165) is 6.42 Å². The van der Waals surface area contributed by atoms with Crippen LogP contribution in [0.2, 0.25) is 0 Å². The maximum absolute atomic E-state index is 2.42. The molecule has 0 bridgehead atoms. The Kier molecular flexibility index (Phi) is 10.5. The summed E-state index contributed by atoms with van der Waals surface area (Å²) in [5.41, 5.74) is 6.76. The Morgan fingerprint density at radius 2 is 1.03 bits per heavy atom. The van der Waals surface area contributed by atoms with Crippen LogP contribution in [0.1, 0.15) is 43.9 Å². The van der Waals surface area contributed by atoms with E-state index < -0.39 is 0 Å². The summed E-state index contributed by atoms with van der Waals surface area (Å²) in [4.78, 5) is 0. The summed E-state index contributed by atoms with van der Waals surface area (Å²) in [6, 6.07) is 33.0. The molecule has 0 saturated carbocycles. The molecule has 4 heteroatoms. The van der Waals surface area contributed by atoms with Crippen LogP contribution < -0.4 is 37.2 Å². The standard InChI is InChI=1S/C28H27.3ClH.Ti/c1-27(2,3)28(24-15-9-5-10-16-24,25-17-11-6-12-18-25)26-20-19-23(21-26)22-13-7-4-8-14-22;;;;/h4-19H,20H2,1-3H3;3*1H;/q;;;;+3/p-3. The Hall–Kier alpha value is -1.28. The van der Waals surface area contributed by atoms with Crippen LogP contribution >= 0.6 is 0 Å². The molecule has 0 heterocycles. The van der Waals surface area contributed by atoms with Crippen molar-refractivity contribution in [1.29, 1.82) is 0 Å². The number of allylic oxidation sites excluding steroid dienone is 4. The van der Waals surface area contributed by atoms with Gasteiger partial charge in [0.1, 0.15) is 0 Å². The van der Waals surface area contributed by atoms with Gasteiger partial charge in [0.05, 0.1) is 0 Å². The minimum Gasteiger partial charge on any atom is -1.00 e. The summed E-state index contributed by atoms with van der Waals surface area (Å²) in [6.45, 7) is 7.15. The van der Waals surface area contributed by atoms with Crippen molar-refractivity contribution in [2.75, 3.05) is 0 Å². The predicted molar refractivity (Wildman–Crippen MR) is 119 cm³/mol. The SMILES string of the molecule is CC(C)(C)C(C1=[C]([Ti+3])C(c2ccccc2)=CC1)(c1ccccc1)c1ccccc1.[Cl-].[Cl-].[Cl-]. The Morgan fingerprint density at radius 3 is 1.44 bits per heavy atom. The van der Waals surface area contributed by atoms with Crippen LogP contribution in [0.15, 0.2) is 107 Å². The second-order valence-corrected chi connectivity index (χ2v) is 9.55. The zero-order chi connectivity index (χ0) is 20.5. The monoisotopic (exact) mass is 516 g/mol. The first-order valence-corrected chi connectivity index (χ1v) is 11.1. The average molecular weight is 518 g/mol. The van der Waals surface area contributed by atoms with Crippen molar-refractivity contribution in [3.8, 4) is 0 Å². The van der Waals surface area contributed by atoms with Gasteiger partial charge in [0.15, 0.2) is 0 Å². The van der Waals surface area contributed by atoms with Crippen LogP contribution in [0, 0.1) is 5.41 Å². The fourth-order valence-corrected chi connectivity index (χ4v) is 5.84. The van der Waals surface area contributed by atoms with E-state index >= 15 is 0 Å². The van der Waals surface area contributed by atoms with Crippen molar-refractivity contribution < 1.29 is 57.7 Å². The van der Waals surface area contributed by atoms with E-state index in [0.29, 0.717) is 0 Å². The zero-order valence-electron chi connectivity index (χ0n) is 18.6. The molecule has 4 rings (SSSR count). The summed E-state index contributed by atoms with van der Waals surface area (Å²) in [5, 5.41) is 0. The van der Waals surface area contributed by atoms with Crippen LogP contribution in [-0.4, -0.2) is 0 Å². The molecular formula is C28H27Cl3Ti. The summed E-state index contributed by atoms with van der Waals surface area (Å²) >= 11 is 2.31. The molecular weight excluding hydrogens is 491 g/mol. The van der Waals surface area contributed by atoms with Gasteiger partial charge in [-0.15, -0.1) is 0 Å². The van der Waals surface area contributed by atoms with Gasteiger partial charge in [-0.3, -0.25) is 0 Å². The Balaban J connectivity index is 0.00000171. The topological polar surface area (TPSA) is 0 Å². The molecule has 0 atom stereocenters. The van der Waals surface area contributed by atoms with Crippen LogP contribution in [0.4, 0.5) is 0 Å². The molecule has 164 valence electrons. The molecule has 0 aliphatic heterocycles. The maximum Gasteiger partial charge on any atom is -1.00 e. The first-order valence-electron chi connectivity index (χ1n) is 10.3. The van der Waals surface area contributed by atoms with Crippen molar-refractivity contribution >= 4 is 5.57 Å². The Bertz CT molecular complexity index is 1010. The zero-order valence-corrected chi connectivity index (χ0v) is 22.4. The van der Waals surface area contributed by atoms with Gasteiger partial charge in [-0.05, 0) is 0 Å². The third-order valence-electron chi connectivity index (χ3n) is 6.16. The number of hydrogen-bond donors (Lipinski definition) is 0. The number of hydrogen-bond acceptors (Lipinski definition) is 0. The van der Waals surface area contributed by atoms with Gasteiger partial charge in [0.2, 0.25) is 0 Å². The molecule has 0 radical (unpaired) electrons. The molecule has 32 heavy (non-hydrogen) atoms. The molecule has 1 aliphatic rings. The molecule has 1 aliphatic carbocycles. The third-order valence-corrected chi connectivity index (χ3v) is 7.05.